The molecule has 0 spiro atoms. The molecule has 3 heteroatoms. The number of allylic oxidation sites excluding steroid dienone is 2. The van der Waals surface area contributed by atoms with Crippen LogP contribution in [0.2, 0.25) is 0 Å². The lowest BCUT2D eigenvalue weighted by Crippen LogP contribution is -2.02. The zero-order valence-corrected chi connectivity index (χ0v) is 11.1. The molecule has 1 aliphatic carbocycles. The molecule has 1 aliphatic heterocycles. The van der Waals surface area contributed by atoms with Crippen LogP contribution in [0, 0.1) is 0 Å². The lowest BCUT2D eigenvalue weighted by atomic mass is 9.93. The molecule has 0 radical (unpaired) electrons. The Morgan fingerprint density at radius 2 is 2.06 bits per heavy atom. The van der Waals surface area contributed by atoms with Crippen LogP contribution in [0.15, 0.2) is 24.3 Å². The second-order valence-electron chi connectivity index (χ2n) is 4.17. The van der Waals surface area contributed by atoms with Crippen LogP contribution in [-0.4, -0.2) is 10.7 Å². The maximum atomic E-state index is 5.40. The molecule has 16 heavy (non-hydrogen) atoms. The predicted octanol–water partition coefficient (Wildman–Crippen LogP) is 3.79. The molecular formula is C13H13IO2. The molecule has 0 N–H and O–H groups in total. The van der Waals surface area contributed by atoms with Crippen LogP contribution >= 0.6 is 22.6 Å². The van der Waals surface area contributed by atoms with Crippen molar-refractivity contribution in [1.82, 2.24) is 0 Å². The van der Waals surface area contributed by atoms with E-state index in [-0.39, 0.29) is 0 Å². The monoisotopic (exact) mass is 328 g/mol. The molecule has 0 saturated carbocycles. The van der Waals surface area contributed by atoms with Crippen LogP contribution in [-0.2, 0) is 0 Å². The van der Waals surface area contributed by atoms with E-state index in [0.717, 1.165) is 15.4 Å². The van der Waals surface area contributed by atoms with E-state index < -0.39 is 0 Å². The smallest absolute Gasteiger partial charge is 0.231 e. The van der Waals surface area contributed by atoms with E-state index in [1.807, 2.05) is 6.07 Å². The molecule has 0 fully saturated rings. The Balaban J connectivity index is 1.90. The highest BCUT2D eigenvalue weighted by Crippen LogP contribution is 2.37. The van der Waals surface area contributed by atoms with Crippen LogP contribution in [0.1, 0.15) is 24.8 Å². The van der Waals surface area contributed by atoms with E-state index in [0.29, 0.717) is 6.79 Å². The van der Waals surface area contributed by atoms with Gasteiger partial charge in [-0.15, -0.1) is 0 Å². The number of halogens is 1. The molecule has 1 atom stereocenters. The molecule has 84 valence electrons. The van der Waals surface area contributed by atoms with E-state index in [4.69, 9.17) is 9.47 Å². The number of benzene rings is 1. The summed E-state index contributed by atoms with van der Waals surface area (Å²) < 4.78 is 11.5. The van der Waals surface area contributed by atoms with Gasteiger partial charge in [-0.1, -0.05) is 34.7 Å². The summed E-state index contributed by atoms with van der Waals surface area (Å²) in [6.45, 7) is 0.355. The zero-order chi connectivity index (χ0) is 11.0. The van der Waals surface area contributed by atoms with Gasteiger partial charge in [0.25, 0.3) is 0 Å². The van der Waals surface area contributed by atoms with Crippen molar-refractivity contribution in [2.24, 2.45) is 0 Å². The van der Waals surface area contributed by atoms with Gasteiger partial charge in [0.2, 0.25) is 6.79 Å². The number of fused-ring (bicyclic) bond motifs is 1. The van der Waals surface area contributed by atoms with Gasteiger partial charge < -0.3 is 9.47 Å². The summed E-state index contributed by atoms with van der Waals surface area (Å²) in [5.74, 6) is 1.75. The summed E-state index contributed by atoms with van der Waals surface area (Å²) in [6, 6.07) is 6.24. The minimum Gasteiger partial charge on any atom is -0.454 e. The van der Waals surface area contributed by atoms with Gasteiger partial charge in [-0.3, -0.25) is 0 Å². The molecule has 0 amide bonds. The average molecular weight is 328 g/mol. The van der Waals surface area contributed by atoms with Gasteiger partial charge in [0.05, 0.1) is 0 Å². The van der Waals surface area contributed by atoms with Gasteiger partial charge in [-0.05, 0) is 42.5 Å². The molecule has 0 aromatic heterocycles. The Morgan fingerprint density at radius 1 is 1.19 bits per heavy atom. The highest BCUT2D eigenvalue weighted by Gasteiger charge is 2.17. The van der Waals surface area contributed by atoms with E-state index in [2.05, 4.69) is 40.8 Å². The predicted molar refractivity (Wildman–Crippen MR) is 72.2 cm³/mol. The second kappa shape index (κ2) is 4.28. The largest absolute Gasteiger partial charge is 0.454 e. The minimum absolute atomic E-state index is 0.355. The lowest BCUT2D eigenvalue weighted by molar-refractivity contribution is 0.174. The number of ether oxygens (including phenoxy) is 2. The van der Waals surface area contributed by atoms with Crippen molar-refractivity contribution in [3.05, 3.63) is 29.8 Å². The summed E-state index contributed by atoms with van der Waals surface area (Å²) in [5.41, 5.74) is 2.73. The Labute approximate surface area is 109 Å². The molecule has 1 unspecified atom stereocenters. The van der Waals surface area contributed by atoms with Gasteiger partial charge in [-0.2, -0.15) is 0 Å². The molecule has 1 aromatic carbocycles. The Morgan fingerprint density at radius 3 is 2.88 bits per heavy atom. The first kappa shape index (κ1) is 10.4. The van der Waals surface area contributed by atoms with Crippen LogP contribution in [0.3, 0.4) is 0 Å². The standard InChI is InChI=1S/C13H13IO2/c14-11-4-1-9(2-5-11)10-3-6-12-13(7-10)16-8-15-12/h1,3,6-7,11H,2,4-5,8H2. The summed E-state index contributed by atoms with van der Waals surface area (Å²) in [6.07, 6.45) is 6.00. The molecule has 2 nitrogen and oxygen atoms in total. The molecule has 0 saturated heterocycles. The van der Waals surface area contributed by atoms with E-state index >= 15 is 0 Å². The van der Waals surface area contributed by atoms with Gasteiger partial charge in [0.15, 0.2) is 11.5 Å². The first-order valence-electron chi connectivity index (χ1n) is 5.56. The van der Waals surface area contributed by atoms with Crippen molar-refractivity contribution >= 4 is 28.2 Å². The third kappa shape index (κ3) is 1.93. The lowest BCUT2D eigenvalue weighted by Gasteiger charge is -2.17. The molecule has 0 bridgehead atoms. The van der Waals surface area contributed by atoms with Gasteiger partial charge in [0, 0.05) is 3.92 Å². The summed E-state index contributed by atoms with van der Waals surface area (Å²) in [4.78, 5) is 0. The number of alkyl halides is 1. The third-order valence-corrected chi connectivity index (χ3v) is 4.22. The fourth-order valence-corrected chi connectivity index (χ4v) is 2.73. The zero-order valence-electron chi connectivity index (χ0n) is 8.91. The van der Waals surface area contributed by atoms with Crippen LogP contribution < -0.4 is 9.47 Å². The maximum absolute atomic E-state index is 5.40. The Bertz CT molecular complexity index is 440. The molecule has 3 rings (SSSR count). The van der Waals surface area contributed by atoms with Gasteiger partial charge in [0.1, 0.15) is 0 Å². The maximum Gasteiger partial charge on any atom is 0.231 e. The SMILES string of the molecule is IC1CC=C(c2ccc3c(c2)OCO3)CC1. The normalized spacial score (nSPS) is 23.1. The Kier molecular flexibility index (Phi) is 2.79. The Hall–Kier alpha value is -0.710. The highest BCUT2D eigenvalue weighted by molar-refractivity contribution is 14.1. The fourth-order valence-electron chi connectivity index (χ4n) is 2.16. The third-order valence-electron chi connectivity index (χ3n) is 3.09. The number of rotatable bonds is 1. The van der Waals surface area contributed by atoms with E-state index in [1.165, 1.54) is 30.4 Å². The topological polar surface area (TPSA) is 18.5 Å². The van der Waals surface area contributed by atoms with E-state index in [9.17, 15) is 0 Å². The molecule has 2 aliphatic rings. The fraction of sp³-hybridized carbons (Fsp3) is 0.385. The second-order valence-corrected chi connectivity index (χ2v) is 5.93. The minimum atomic E-state index is 0.355. The summed E-state index contributed by atoms with van der Waals surface area (Å²) >= 11 is 2.53. The highest BCUT2D eigenvalue weighted by atomic mass is 127. The number of hydrogen-bond donors (Lipinski definition) is 0. The van der Waals surface area contributed by atoms with Crippen molar-refractivity contribution in [2.45, 2.75) is 23.2 Å². The van der Waals surface area contributed by atoms with Crippen molar-refractivity contribution in [3.63, 3.8) is 0 Å². The van der Waals surface area contributed by atoms with Gasteiger partial charge >= 0.3 is 0 Å². The van der Waals surface area contributed by atoms with E-state index in [1.54, 1.807) is 0 Å². The first-order valence-corrected chi connectivity index (χ1v) is 6.80. The molecule has 1 heterocycles. The first-order chi connectivity index (χ1) is 7.83. The van der Waals surface area contributed by atoms with Crippen molar-refractivity contribution in [2.75, 3.05) is 6.79 Å². The van der Waals surface area contributed by atoms with Crippen LogP contribution in [0.4, 0.5) is 0 Å². The van der Waals surface area contributed by atoms with Crippen molar-refractivity contribution in [3.8, 4) is 11.5 Å². The van der Waals surface area contributed by atoms with Gasteiger partial charge in [-0.25, -0.2) is 0 Å². The summed E-state index contributed by atoms with van der Waals surface area (Å²) in [7, 11) is 0. The quantitative estimate of drug-likeness (QED) is 0.577. The number of hydrogen-bond acceptors (Lipinski definition) is 2. The van der Waals surface area contributed by atoms with Crippen molar-refractivity contribution < 1.29 is 9.47 Å². The molecular weight excluding hydrogens is 315 g/mol. The van der Waals surface area contributed by atoms with Crippen LogP contribution in [0.25, 0.3) is 5.57 Å². The average Bonchev–Trinajstić information content (AvgIpc) is 2.77. The van der Waals surface area contributed by atoms with Crippen molar-refractivity contribution in [1.29, 1.82) is 0 Å². The summed E-state index contributed by atoms with van der Waals surface area (Å²) in [5, 5.41) is 0. The van der Waals surface area contributed by atoms with Crippen LogP contribution in [0.5, 0.6) is 11.5 Å². The molecule has 1 aromatic rings.